The van der Waals surface area contributed by atoms with Gasteiger partial charge in [0, 0.05) is 5.03 Å². The Balaban J connectivity index is 2.33. The number of carboxylic acid groups (broad SMARTS) is 1. The second-order valence-corrected chi connectivity index (χ2v) is 8.48. The molecule has 4 atom stereocenters. The van der Waals surface area contributed by atoms with Crippen LogP contribution in [0.25, 0.3) is 0 Å². The molecule has 0 fully saturated rings. The molecule has 1 aromatic carbocycles. The predicted molar refractivity (Wildman–Crippen MR) is 115 cm³/mol. The third kappa shape index (κ3) is 6.74. The van der Waals surface area contributed by atoms with Crippen LogP contribution < -0.4 is 5.32 Å². The first-order valence-corrected chi connectivity index (χ1v) is 10.6. The number of hydrogen-bond acceptors (Lipinski definition) is 2. The Labute approximate surface area is 189 Å². The molecule has 2 N–H and O–H groups in total. The van der Waals surface area contributed by atoms with Crippen molar-refractivity contribution in [2.45, 2.75) is 45.2 Å². The van der Waals surface area contributed by atoms with E-state index in [-0.39, 0.29) is 29.5 Å². The smallest absolute Gasteiger partial charge is 0.392 e. The number of anilines is 1. The highest BCUT2D eigenvalue weighted by Gasteiger charge is 2.46. The molecular formula is C22H24Cl2F3NO3. The van der Waals surface area contributed by atoms with Gasteiger partial charge in [-0.2, -0.15) is 13.2 Å². The second-order valence-electron chi connectivity index (χ2n) is 7.64. The van der Waals surface area contributed by atoms with Gasteiger partial charge in [-0.15, -0.1) is 0 Å². The quantitative estimate of drug-likeness (QED) is 0.434. The molecule has 0 aromatic heterocycles. The fraction of sp³-hybridized carbons (Fsp3) is 0.455. The molecule has 0 heterocycles. The van der Waals surface area contributed by atoms with E-state index in [2.05, 4.69) is 5.32 Å². The minimum Gasteiger partial charge on any atom is -0.481 e. The molecule has 1 aliphatic carbocycles. The number of hydrogen-bond donors (Lipinski definition) is 2. The Hall–Kier alpha value is -1.99. The van der Waals surface area contributed by atoms with Gasteiger partial charge in [0.15, 0.2) is 0 Å². The first-order chi connectivity index (χ1) is 14.4. The summed E-state index contributed by atoms with van der Waals surface area (Å²) in [5.41, 5.74) is 0.790. The Morgan fingerprint density at radius 3 is 2.48 bits per heavy atom. The fourth-order valence-electron chi connectivity index (χ4n) is 3.69. The van der Waals surface area contributed by atoms with Gasteiger partial charge in [-0.05, 0) is 48.4 Å². The number of rotatable bonds is 8. The number of alkyl halides is 3. The van der Waals surface area contributed by atoms with Crippen molar-refractivity contribution < 1.29 is 27.9 Å². The molecule has 4 nitrogen and oxygen atoms in total. The van der Waals surface area contributed by atoms with Crippen LogP contribution in [0.2, 0.25) is 5.02 Å². The van der Waals surface area contributed by atoms with E-state index in [9.17, 15) is 22.8 Å². The van der Waals surface area contributed by atoms with E-state index in [1.807, 2.05) is 6.92 Å². The summed E-state index contributed by atoms with van der Waals surface area (Å²) in [6, 6.07) is 4.68. The minimum absolute atomic E-state index is 0.112. The van der Waals surface area contributed by atoms with Crippen LogP contribution in [-0.4, -0.2) is 23.2 Å². The molecule has 0 saturated carbocycles. The maximum Gasteiger partial charge on any atom is 0.392 e. The molecule has 170 valence electrons. The lowest BCUT2D eigenvalue weighted by Gasteiger charge is -2.31. The standard InChI is InChI=1S/C22H24Cl2F3NO3/c1-3-13(11-19(29)30)15-6-9-17(24)18(10-15)28-21(31)20(12(2)22(25,26)27)14-4-7-16(23)8-5-14/h4,6-10,12-14,20H,3,5,11H2,1-2H3,(H,28,31)(H,29,30)/t12-,13+,14?,20+/m1/s1. The zero-order valence-corrected chi connectivity index (χ0v) is 18.6. The van der Waals surface area contributed by atoms with Crippen LogP contribution in [0.1, 0.15) is 44.6 Å². The first-order valence-electron chi connectivity index (χ1n) is 9.86. The highest BCUT2D eigenvalue weighted by Crippen LogP contribution is 2.40. The van der Waals surface area contributed by atoms with Crippen molar-refractivity contribution in [3.8, 4) is 0 Å². The largest absolute Gasteiger partial charge is 0.481 e. The van der Waals surface area contributed by atoms with Crippen molar-refractivity contribution in [3.05, 3.63) is 52.0 Å². The van der Waals surface area contributed by atoms with Gasteiger partial charge < -0.3 is 10.4 Å². The molecule has 2 rings (SSSR count). The number of carbonyl (C=O) groups is 2. The van der Waals surface area contributed by atoms with Gasteiger partial charge in [-0.1, -0.05) is 55.3 Å². The van der Waals surface area contributed by atoms with E-state index in [1.54, 1.807) is 12.1 Å². The monoisotopic (exact) mass is 477 g/mol. The zero-order valence-electron chi connectivity index (χ0n) is 17.0. The summed E-state index contributed by atoms with van der Waals surface area (Å²) in [6.07, 6.45) is 0.659. The van der Waals surface area contributed by atoms with E-state index < -0.39 is 35.8 Å². The van der Waals surface area contributed by atoms with Crippen molar-refractivity contribution >= 4 is 40.8 Å². The number of amides is 1. The average Bonchev–Trinajstić information content (AvgIpc) is 2.68. The minimum atomic E-state index is -4.57. The Bertz CT molecular complexity index is 883. The normalized spacial score (nSPS) is 19.3. The molecule has 9 heteroatoms. The Kier molecular flexibility index (Phi) is 8.60. The van der Waals surface area contributed by atoms with Gasteiger partial charge in [0.25, 0.3) is 0 Å². The molecule has 0 spiro atoms. The van der Waals surface area contributed by atoms with E-state index in [0.29, 0.717) is 17.0 Å². The Morgan fingerprint density at radius 2 is 1.97 bits per heavy atom. The topological polar surface area (TPSA) is 66.4 Å². The molecular weight excluding hydrogens is 454 g/mol. The molecule has 31 heavy (non-hydrogen) atoms. The number of carbonyl (C=O) groups excluding carboxylic acids is 1. The molecule has 1 aromatic rings. The van der Waals surface area contributed by atoms with Gasteiger partial charge in [0.2, 0.25) is 5.91 Å². The summed E-state index contributed by atoms with van der Waals surface area (Å²) >= 11 is 12.1. The second kappa shape index (κ2) is 10.6. The number of aliphatic carboxylic acids is 1. The lowest BCUT2D eigenvalue weighted by molar-refractivity contribution is -0.188. The summed E-state index contributed by atoms with van der Waals surface area (Å²) in [5.74, 6) is -6.07. The van der Waals surface area contributed by atoms with Crippen molar-refractivity contribution in [1.82, 2.24) is 0 Å². The average molecular weight is 478 g/mol. The maximum absolute atomic E-state index is 13.5. The molecule has 1 amide bonds. The molecule has 0 bridgehead atoms. The number of carboxylic acids is 1. The number of benzene rings is 1. The molecule has 0 aliphatic heterocycles. The van der Waals surface area contributed by atoms with E-state index >= 15 is 0 Å². The maximum atomic E-state index is 13.5. The van der Waals surface area contributed by atoms with Crippen LogP contribution in [0, 0.1) is 17.8 Å². The summed E-state index contributed by atoms with van der Waals surface area (Å²) in [5, 5.41) is 12.2. The highest BCUT2D eigenvalue weighted by atomic mass is 35.5. The zero-order chi connectivity index (χ0) is 23.3. The summed E-state index contributed by atoms with van der Waals surface area (Å²) in [4.78, 5) is 24.1. The van der Waals surface area contributed by atoms with Gasteiger partial charge >= 0.3 is 12.1 Å². The number of allylic oxidation sites excluding steroid dienone is 4. The van der Waals surface area contributed by atoms with Crippen LogP contribution in [0.3, 0.4) is 0 Å². The lowest BCUT2D eigenvalue weighted by Crippen LogP contribution is -2.40. The van der Waals surface area contributed by atoms with E-state index in [0.717, 1.165) is 6.92 Å². The first kappa shape index (κ1) is 25.3. The number of nitrogens with one attached hydrogen (secondary N) is 1. The molecule has 0 radical (unpaired) electrons. The molecule has 1 unspecified atom stereocenters. The Morgan fingerprint density at radius 1 is 1.29 bits per heavy atom. The van der Waals surface area contributed by atoms with E-state index in [1.165, 1.54) is 24.3 Å². The molecule has 0 saturated heterocycles. The molecule has 1 aliphatic rings. The van der Waals surface area contributed by atoms with Crippen molar-refractivity contribution in [2.75, 3.05) is 5.32 Å². The van der Waals surface area contributed by atoms with Crippen LogP contribution in [0.15, 0.2) is 41.5 Å². The third-order valence-electron chi connectivity index (χ3n) is 5.54. The SMILES string of the molecule is CC[C@@H](CC(=O)O)c1ccc(Cl)c(NC(=O)[C@H](C2C=CC(Cl)=CC2)[C@@H](C)C(F)(F)F)c1. The van der Waals surface area contributed by atoms with Gasteiger partial charge in [0.05, 0.1) is 29.0 Å². The predicted octanol–water partition coefficient (Wildman–Crippen LogP) is 6.76. The van der Waals surface area contributed by atoms with Crippen molar-refractivity contribution in [2.24, 2.45) is 17.8 Å². The van der Waals surface area contributed by atoms with Crippen LogP contribution >= 0.6 is 23.2 Å². The van der Waals surface area contributed by atoms with Crippen LogP contribution in [-0.2, 0) is 9.59 Å². The van der Waals surface area contributed by atoms with Crippen LogP contribution in [0.5, 0.6) is 0 Å². The third-order valence-corrected chi connectivity index (χ3v) is 6.15. The summed E-state index contributed by atoms with van der Waals surface area (Å²) in [7, 11) is 0. The highest BCUT2D eigenvalue weighted by molar-refractivity contribution is 6.33. The van der Waals surface area contributed by atoms with Crippen LogP contribution in [0.4, 0.5) is 18.9 Å². The van der Waals surface area contributed by atoms with E-state index in [4.69, 9.17) is 28.3 Å². The van der Waals surface area contributed by atoms with Crippen molar-refractivity contribution in [1.29, 1.82) is 0 Å². The summed E-state index contributed by atoms with van der Waals surface area (Å²) < 4.78 is 40.6. The van der Waals surface area contributed by atoms with Crippen molar-refractivity contribution in [3.63, 3.8) is 0 Å². The fourth-order valence-corrected chi connectivity index (χ4v) is 4.02. The number of halogens is 5. The van der Waals surface area contributed by atoms with Gasteiger partial charge in [-0.25, -0.2) is 0 Å². The lowest BCUT2D eigenvalue weighted by atomic mass is 9.78. The summed E-state index contributed by atoms with van der Waals surface area (Å²) in [6.45, 7) is 2.81. The van der Waals surface area contributed by atoms with Gasteiger partial charge in [-0.3, -0.25) is 9.59 Å². The van der Waals surface area contributed by atoms with Gasteiger partial charge in [0.1, 0.15) is 0 Å².